The Kier molecular flexibility index (Phi) is 16.7. The molecule has 0 fully saturated rings. The predicted octanol–water partition coefficient (Wildman–Crippen LogP) is -3.89. The molecule has 0 aromatic heterocycles. The van der Waals surface area contributed by atoms with Crippen LogP contribution in [0.15, 0.2) is 0 Å². The molecular weight excluding hydrogens is 386 g/mol. The molecule has 0 aromatic rings. The molecule has 0 aliphatic rings. The van der Waals surface area contributed by atoms with E-state index >= 15 is 0 Å². The zero-order valence-corrected chi connectivity index (χ0v) is 15.2. The van der Waals surface area contributed by atoms with Crippen LogP contribution in [0.4, 0.5) is 0 Å². The third-order valence-corrected chi connectivity index (χ3v) is 2.98. The lowest BCUT2D eigenvalue weighted by Gasteiger charge is -2.23. The van der Waals surface area contributed by atoms with Gasteiger partial charge in [-0.15, -0.1) is 0 Å². The SMILES string of the molecule is O=C(O)CN(CCN(CC(=O)O)CC(=O)O)CC(=O)O.OCCN(CO)CO. The Hall–Kier alpha value is -2.36. The molecule has 0 unspecified atom stereocenters. The van der Waals surface area contributed by atoms with Gasteiger partial charge in [-0.3, -0.25) is 33.9 Å². The van der Waals surface area contributed by atoms with Crippen molar-refractivity contribution in [2.45, 2.75) is 0 Å². The Bertz CT molecular complexity index is 417. The Balaban J connectivity index is 0. The summed E-state index contributed by atoms with van der Waals surface area (Å²) in [4.78, 5) is 45.7. The predicted molar refractivity (Wildman–Crippen MR) is 91.4 cm³/mol. The lowest BCUT2D eigenvalue weighted by molar-refractivity contribution is -0.145. The van der Waals surface area contributed by atoms with E-state index in [9.17, 15) is 19.2 Å². The van der Waals surface area contributed by atoms with Gasteiger partial charge in [0.2, 0.25) is 0 Å². The van der Waals surface area contributed by atoms with E-state index in [-0.39, 0.29) is 33.2 Å². The summed E-state index contributed by atoms with van der Waals surface area (Å²) in [5.74, 6) is -4.91. The average Bonchev–Trinajstić information content (AvgIpc) is 2.56. The van der Waals surface area contributed by atoms with Crippen LogP contribution >= 0.6 is 0 Å². The van der Waals surface area contributed by atoms with Crippen molar-refractivity contribution in [3.05, 3.63) is 0 Å². The molecule has 0 aromatic carbocycles. The van der Waals surface area contributed by atoms with Gasteiger partial charge in [0.05, 0.1) is 46.2 Å². The summed E-state index contributed by atoms with van der Waals surface area (Å²) >= 11 is 0. The van der Waals surface area contributed by atoms with Gasteiger partial charge >= 0.3 is 23.9 Å². The van der Waals surface area contributed by atoms with Gasteiger partial charge in [-0.25, -0.2) is 0 Å². The number of aliphatic carboxylic acids is 4. The van der Waals surface area contributed by atoms with Crippen LogP contribution in [0.2, 0.25) is 0 Å². The monoisotopic (exact) mass is 413 g/mol. The molecule has 0 rings (SSSR count). The first-order valence-electron chi connectivity index (χ1n) is 7.92. The second-order valence-electron chi connectivity index (χ2n) is 5.40. The largest absolute Gasteiger partial charge is 0.480 e. The summed E-state index contributed by atoms with van der Waals surface area (Å²) in [5.41, 5.74) is 0. The molecule has 0 radical (unpaired) electrons. The fraction of sp³-hybridized carbons (Fsp3) is 0.714. The highest BCUT2D eigenvalue weighted by Gasteiger charge is 2.17. The van der Waals surface area contributed by atoms with Crippen LogP contribution in [-0.2, 0) is 19.2 Å². The minimum Gasteiger partial charge on any atom is -0.480 e. The van der Waals surface area contributed by atoms with Gasteiger partial charge in [0.1, 0.15) is 0 Å². The van der Waals surface area contributed by atoms with Gasteiger partial charge < -0.3 is 35.7 Å². The van der Waals surface area contributed by atoms with Crippen molar-refractivity contribution in [3.8, 4) is 0 Å². The van der Waals surface area contributed by atoms with Gasteiger partial charge in [-0.05, 0) is 0 Å². The number of rotatable bonds is 15. The van der Waals surface area contributed by atoms with E-state index in [0.717, 1.165) is 9.80 Å². The highest BCUT2D eigenvalue weighted by Crippen LogP contribution is 1.94. The van der Waals surface area contributed by atoms with Crippen LogP contribution in [-0.4, -0.2) is 140 Å². The minimum atomic E-state index is -1.23. The quantitative estimate of drug-likeness (QED) is 0.128. The molecule has 0 spiro atoms. The number of carboxylic acid groups (broad SMARTS) is 4. The summed E-state index contributed by atoms with van der Waals surface area (Å²) in [7, 11) is 0. The van der Waals surface area contributed by atoms with E-state index in [1.54, 1.807) is 0 Å². The summed E-state index contributed by atoms with van der Waals surface area (Å²) in [6, 6.07) is 0. The Labute approximate surface area is 160 Å². The van der Waals surface area contributed by atoms with E-state index in [1.807, 2.05) is 0 Å². The topological polar surface area (TPSA) is 220 Å². The van der Waals surface area contributed by atoms with Gasteiger partial charge in [0, 0.05) is 19.6 Å². The molecule has 164 valence electrons. The van der Waals surface area contributed by atoms with Crippen LogP contribution < -0.4 is 0 Å². The van der Waals surface area contributed by atoms with Crippen molar-refractivity contribution in [1.29, 1.82) is 0 Å². The summed E-state index contributed by atoms with van der Waals surface area (Å²) in [5, 5.41) is 59.3. The number of nitrogens with zero attached hydrogens (tertiary/aromatic N) is 3. The van der Waals surface area contributed by atoms with Crippen molar-refractivity contribution in [2.75, 3.05) is 65.9 Å². The third-order valence-electron chi connectivity index (χ3n) is 2.98. The maximum Gasteiger partial charge on any atom is 0.317 e. The number of carboxylic acids is 4. The summed E-state index contributed by atoms with van der Waals surface area (Å²) in [6.07, 6.45) is 0. The molecule has 0 atom stereocenters. The second-order valence-corrected chi connectivity index (χ2v) is 5.40. The molecule has 0 aliphatic heterocycles. The molecule has 28 heavy (non-hydrogen) atoms. The zero-order chi connectivity index (χ0) is 22.1. The van der Waals surface area contributed by atoms with E-state index in [2.05, 4.69) is 0 Å². The molecule has 14 heteroatoms. The Morgan fingerprint density at radius 1 is 0.500 bits per heavy atom. The van der Waals surface area contributed by atoms with Crippen LogP contribution in [0.1, 0.15) is 0 Å². The Morgan fingerprint density at radius 2 is 0.786 bits per heavy atom. The third kappa shape index (κ3) is 18.4. The Morgan fingerprint density at radius 3 is 0.929 bits per heavy atom. The fourth-order valence-corrected chi connectivity index (χ4v) is 1.80. The average molecular weight is 413 g/mol. The fourth-order valence-electron chi connectivity index (χ4n) is 1.80. The van der Waals surface area contributed by atoms with Gasteiger partial charge in [0.25, 0.3) is 0 Å². The summed E-state index contributed by atoms with van der Waals surface area (Å²) < 4.78 is 0. The molecule has 0 saturated carbocycles. The van der Waals surface area contributed by atoms with Crippen molar-refractivity contribution in [3.63, 3.8) is 0 Å². The maximum absolute atomic E-state index is 10.6. The first kappa shape index (κ1) is 27.9. The van der Waals surface area contributed by atoms with E-state index < -0.39 is 50.1 Å². The number of hydrogen-bond acceptors (Lipinski definition) is 10. The molecule has 0 saturated heterocycles. The smallest absolute Gasteiger partial charge is 0.317 e. The van der Waals surface area contributed by atoms with Gasteiger partial charge in [0.15, 0.2) is 0 Å². The van der Waals surface area contributed by atoms with Crippen LogP contribution in [0, 0.1) is 0 Å². The van der Waals surface area contributed by atoms with Crippen LogP contribution in [0.25, 0.3) is 0 Å². The maximum atomic E-state index is 10.6. The molecule has 7 N–H and O–H groups in total. The highest BCUT2D eigenvalue weighted by molar-refractivity contribution is 5.73. The van der Waals surface area contributed by atoms with Crippen molar-refractivity contribution in [1.82, 2.24) is 14.7 Å². The standard InChI is InChI=1S/C10H16N2O8.C4H11NO3/c13-7(14)3-11(4-8(15)16)1-2-12(5-9(17)18)6-10(19)20;6-2-1-5(3-7)4-8/h1-6H2,(H,13,14)(H,15,16)(H,17,18)(H,19,20);6-8H,1-4H2. The van der Waals surface area contributed by atoms with E-state index in [1.165, 1.54) is 4.90 Å². The van der Waals surface area contributed by atoms with Crippen molar-refractivity contribution in [2.24, 2.45) is 0 Å². The van der Waals surface area contributed by atoms with Crippen molar-refractivity contribution >= 4 is 23.9 Å². The molecule has 0 bridgehead atoms. The summed E-state index contributed by atoms with van der Waals surface area (Å²) in [6.45, 7) is -2.40. The van der Waals surface area contributed by atoms with Gasteiger partial charge in [-0.1, -0.05) is 0 Å². The minimum absolute atomic E-state index is 0.0406. The van der Waals surface area contributed by atoms with Crippen LogP contribution in [0.5, 0.6) is 0 Å². The van der Waals surface area contributed by atoms with E-state index in [0.29, 0.717) is 6.54 Å². The first-order valence-corrected chi connectivity index (χ1v) is 7.92. The zero-order valence-electron chi connectivity index (χ0n) is 15.2. The van der Waals surface area contributed by atoms with E-state index in [4.69, 9.17) is 35.7 Å². The van der Waals surface area contributed by atoms with Crippen LogP contribution in [0.3, 0.4) is 0 Å². The second kappa shape index (κ2) is 16.8. The molecule has 0 heterocycles. The normalized spacial score (nSPS) is 10.6. The lowest BCUT2D eigenvalue weighted by atomic mass is 10.4. The number of hydrogen-bond donors (Lipinski definition) is 7. The molecule has 0 aliphatic carbocycles. The molecule has 14 nitrogen and oxygen atoms in total. The number of aliphatic hydroxyl groups excluding tert-OH is 3. The lowest BCUT2D eigenvalue weighted by Crippen LogP contribution is -2.43. The molecule has 0 amide bonds. The van der Waals surface area contributed by atoms with Crippen molar-refractivity contribution < 1.29 is 54.9 Å². The molecular formula is C14H27N3O11. The first-order chi connectivity index (χ1) is 13.0. The number of aliphatic hydroxyl groups is 3. The number of carbonyl (C=O) groups is 4. The van der Waals surface area contributed by atoms with Gasteiger partial charge in [-0.2, -0.15) is 0 Å². The highest BCUT2D eigenvalue weighted by atomic mass is 16.4.